The van der Waals surface area contributed by atoms with Crippen molar-refractivity contribution >= 4 is 11.4 Å². The summed E-state index contributed by atoms with van der Waals surface area (Å²) >= 11 is 0. The number of para-hydroxylation sites is 1. The average molecular weight is 201 g/mol. The number of rotatable bonds is 3. The van der Waals surface area contributed by atoms with Crippen LogP contribution in [0.15, 0.2) is 40.9 Å². The number of nitrogens with zero attached hydrogens (tertiary/aromatic N) is 1. The van der Waals surface area contributed by atoms with E-state index in [9.17, 15) is 0 Å². The van der Waals surface area contributed by atoms with Gasteiger partial charge in [0.25, 0.3) is 0 Å². The summed E-state index contributed by atoms with van der Waals surface area (Å²) < 4.78 is 0. The van der Waals surface area contributed by atoms with Crippen LogP contribution in [-0.4, -0.2) is 5.71 Å². The van der Waals surface area contributed by atoms with Crippen LogP contribution in [0.2, 0.25) is 0 Å². The molecule has 1 aromatic rings. The second-order valence-electron chi connectivity index (χ2n) is 3.88. The first kappa shape index (κ1) is 11.7. The van der Waals surface area contributed by atoms with Gasteiger partial charge in [0.1, 0.15) is 0 Å². The lowest BCUT2D eigenvalue weighted by molar-refractivity contribution is 1.10. The van der Waals surface area contributed by atoms with Crippen LogP contribution in [0.25, 0.3) is 0 Å². The van der Waals surface area contributed by atoms with Gasteiger partial charge in [-0.3, -0.25) is 4.99 Å². The van der Waals surface area contributed by atoms with Gasteiger partial charge in [0.2, 0.25) is 0 Å². The van der Waals surface area contributed by atoms with E-state index in [1.54, 1.807) is 0 Å². The van der Waals surface area contributed by atoms with Crippen LogP contribution in [-0.2, 0) is 0 Å². The number of allylic oxidation sites excluding steroid dienone is 2. The zero-order chi connectivity index (χ0) is 11.3. The molecule has 1 heteroatoms. The van der Waals surface area contributed by atoms with Crippen molar-refractivity contribution in [2.75, 3.05) is 0 Å². The minimum Gasteiger partial charge on any atom is -0.253 e. The Morgan fingerprint density at radius 2 is 1.93 bits per heavy atom. The molecule has 0 aliphatic carbocycles. The summed E-state index contributed by atoms with van der Waals surface area (Å²) in [6.07, 6.45) is 3.23. The lowest BCUT2D eigenvalue weighted by Gasteiger charge is -2.00. The number of aliphatic imine (C=N–C) groups is 1. The summed E-state index contributed by atoms with van der Waals surface area (Å²) in [5.41, 5.74) is 4.73. The lowest BCUT2D eigenvalue weighted by Crippen LogP contribution is -1.87. The highest BCUT2D eigenvalue weighted by atomic mass is 14.7. The molecule has 0 heterocycles. The third-order valence-corrected chi connectivity index (χ3v) is 2.43. The van der Waals surface area contributed by atoms with Gasteiger partial charge in [-0.15, -0.1) is 0 Å². The second-order valence-corrected chi connectivity index (χ2v) is 3.88. The maximum absolute atomic E-state index is 4.59. The highest BCUT2D eigenvalue weighted by Crippen LogP contribution is 2.17. The fourth-order valence-electron chi connectivity index (χ4n) is 1.37. The third kappa shape index (κ3) is 3.70. The van der Waals surface area contributed by atoms with Crippen LogP contribution in [0.3, 0.4) is 0 Å². The molecule has 1 nitrogen and oxygen atoms in total. The van der Waals surface area contributed by atoms with Gasteiger partial charge in [-0.2, -0.15) is 0 Å². The zero-order valence-electron chi connectivity index (χ0n) is 10.0. The Bertz CT molecular complexity index is 386. The van der Waals surface area contributed by atoms with E-state index in [1.165, 1.54) is 11.1 Å². The highest BCUT2D eigenvalue weighted by molar-refractivity contribution is 5.95. The summed E-state index contributed by atoms with van der Waals surface area (Å²) in [5, 5.41) is 0. The van der Waals surface area contributed by atoms with Crippen LogP contribution in [0.1, 0.15) is 32.8 Å². The second kappa shape index (κ2) is 5.50. The summed E-state index contributed by atoms with van der Waals surface area (Å²) in [6.45, 7) is 8.43. The average Bonchev–Trinajstić information content (AvgIpc) is 2.21. The third-order valence-electron chi connectivity index (χ3n) is 2.43. The molecule has 0 spiro atoms. The monoisotopic (exact) mass is 201 g/mol. The van der Waals surface area contributed by atoms with E-state index in [2.05, 4.69) is 37.9 Å². The molecule has 0 radical (unpaired) electrons. The van der Waals surface area contributed by atoms with Crippen LogP contribution in [0.4, 0.5) is 5.69 Å². The largest absolute Gasteiger partial charge is 0.253 e. The van der Waals surface area contributed by atoms with Gasteiger partial charge in [0.15, 0.2) is 0 Å². The normalized spacial score (nSPS) is 13.1. The van der Waals surface area contributed by atoms with Gasteiger partial charge >= 0.3 is 0 Å². The van der Waals surface area contributed by atoms with E-state index >= 15 is 0 Å². The van der Waals surface area contributed by atoms with Gasteiger partial charge in [0, 0.05) is 5.71 Å². The van der Waals surface area contributed by atoms with E-state index in [0.29, 0.717) is 0 Å². The molecule has 0 amide bonds. The van der Waals surface area contributed by atoms with Crippen LogP contribution in [0.5, 0.6) is 0 Å². The van der Waals surface area contributed by atoms with Crippen LogP contribution >= 0.6 is 0 Å². The molecule has 0 aromatic heterocycles. The first-order valence-corrected chi connectivity index (χ1v) is 5.41. The minimum absolute atomic E-state index is 1.06. The summed E-state index contributed by atoms with van der Waals surface area (Å²) in [4.78, 5) is 4.59. The number of aryl methyl sites for hydroxylation is 1. The van der Waals surface area contributed by atoms with Crippen molar-refractivity contribution in [1.29, 1.82) is 0 Å². The predicted molar refractivity (Wildman–Crippen MR) is 68.0 cm³/mol. The standard InChI is InChI=1S/C14H19N/c1-5-11(2)10-13(4)15-14-9-7-6-8-12(14)3/h6-10H,5H2,1-4H3. The Morgan fingerprint density at radius 1 is 1.27 bits per heavy atom. The Kier molecular flexibility index (Phi) is 4.29. The molecule has 0 fully saturated rings. The summed E-state index contributed by atoms with van der Waals surface area (Å²) in [7, 11) is 0. The van der Waals surface area contributed by atoms with Gasteiger partial charge < -0.3 is 0 Å². The first-order chi connectivity index (χ1) is 7.13. The maximum Gasteiger partial charge on any atom is 0.0661 e. The van der Waals surface area contributed by atoms with E-state index in [0.717, 1.165) is 17.8 Å². The molecule has 1 aromatic carbocycles. The zero-order valence-corrected chi connectivity index (χ0v) is 10.0. The fraction of sp³-hybridized carbons (Fsp3) is 0.357. The molecule has 0 aliphatic heterocycles. The van der Waals surface area contributed by atoms with Crippen molar-refractivity contribution in [3.63, 3.8) is 0 Å². The van der Waals surface area contributed by atoms with E-state index in [4.69, 9.17) is 0 Å². The van der Waals surface area contributed by atoms with Crippen molar-refractivity contribution < 1.29 is 0 Å². The highest BCUT2D eigenvalue weighted by Gasteiger charge is 1.94. The fourth-order valence-corrected chi connectivity index (χ4v) is 1.37. The predicted octanol–water partition coefficient (Wildman–Crippen LogP) is 4.44. The smallest absolute Gasteiger partial charge is 0.0661 e. The maximum atomic E-state index is 4.59. The molecule has 15 heavy (non-hydrogen) atoms. The first-order valence-electron chi connectivity index (χ1n) is 5.41. The molecular formula is C14H19N. The molecule has 0 saturated carbocycles. The van der Waals surface area contributed by atoms with Gasteiger partial charge in [-0.05, 0) is 44.9 Å². The lowest BCUT2D eigenvalue weighted by atomic mass is 10.2. The Hall–Kier alpha value is -1.37. The van der Waals surface area contributed by atoms with Gasteiger partial charge in [0.05, 0.1) is 5.69 Å². The van der Waals surface area contributed by atoms with Crippen LogP contribution < -0.4 is 0 Å². The van der Waals surface area contributed by atoms with E-state index in [1.807, 2.05) is 25.1 Å². The molecule has 0 saturated heterocycles. The molecule has 0 aliphatic rings. The molecule has 1 rings (SSSR count). The summed E-state index contributed by atoms with van der Waals surface area (Å²) in [6, 6.07) is 8.20. The number of benzene rings is 1. The Labute approximate surface area is 92.6 Å². The van der Waals surface area contributed by atoms with Crippen molar-refractivity contribution in [2.45, 2.75) is 34.1 Å². The van der Waals surface area contributed by atoms with Crippen molar-refractivity contribution in [3.05, 3.63) is 41.5 Å². The van der Waals surface area contributed by atoms with E-state index in [-0.39, 0.29) is 0 Å². The number of hydrogen-bond acceptors (Lipinski definition) is 1. The molecule has 80 valence electrons. The van der Waals surface area contributed by atoms with Crippen LogP contribution in [0, 0.1) is 6.92 Å². The Balaban J connectivity index is 2.93. The Morgan fingerprint density at radius 3 is 2.53 bits per heavy atom. The van der Waals surface area contributed by atoms with Crippen molar-refractivity contribution in [3.8, 4) is 0 Å². The van der Waals surface area contributed by atoms with Crippen molar-refractivity contribution in [2.24, 2.45) is 4.99 Å². The molecule has 0 bridgehead atoms. The SMILES string of the molecule is CCC(C)=CC(C)=Nc1ccccc1C. The minimum atomic E-state index is 1.06. The molecule has 0 atom stereocenters. The molecular weight excluding hydrogens is 182 g/mol. The quantitative estimate of drug-likeness (QED) is 0.641. The number of hydrogen-bond donors (Lipinski definition) is 0. The van der Waals surface area contributed by atoms with Crippen molar-refractivity contribution in [1.82, 2.24) is 0 Å². The molecule has 0 N–H and O–H groups in total. The van der Waals surface area contributed by atoms with E-state index < -0.39 is 0 Å². The van der Waals surface area contributed by atoms with Gasteiger partial charge in [-0.1, -0.05) is 30.7 Å². The van der Waals surface area contributed by atoms with Gasteiger partial charge in [-0.25, -0.2) is 0 Å². The summed E-state index contributed by atoms with van der Waals surface area (Å²) in [5.74, 6) is 0. The molecule has 0 unspecified atom stereocenters. The topological polar surface area (TPSA) is 12.4 Å².